The van der Waals surface area contributed by atoms with Crippen LogP contribution in [0.3, 0.4) is 0 Å². The molecule has 0 fully saturated rings. The van der Waals surface area contributed by atoms with Crippen LogP contribution >= 0.6 is 34.5 Å². The Hall–Kier alpha value is -2.14. The van der Waals surface area contributed by atoms with E-state index in [1.54, 1.807) is 49.6 Å². The number of allylic oxidation sites excluding steroid dienone is 1. The van der Waals surface area contributed by atoms with Gasteiger partial charge in [0.05, 0.1) is 12.7 Å². The van der Waals surface area contributed by atoms with E-state index in [2.05, 4.69) is 0 Å². The van der Waals surface area contributed by atoms with Crippen LogP contribution < -0.4 is 9.48 Å². The molecule has 0 aliphatic carbocycles. The minimum Gasteiger partial charge on any atom is -0.497 e. The Morgan fingerprint density at radius 2 is 1.92 bits per heavy atom. The molecule has 1 heterocycles. The standard InChI is InChI=1S/C19H12Cl2O3S/c1-24-14-6-3-12-8-15(19(23)25-18(12)10-14)17(22)7-4-11-2-5-13(20)9-16(11)21/h2-10H,1H3/b7-4+. The van der Waals surface area contributed by atoms with E-state index in [9.17, 15) is 9.59 Å². The van der Waals surface area contributed by atoms with Gasteiger partial charge in [-0.15, -0.1) is 0 Å². The summed E-state index contributed by atoms with van der Waals surface area (Å²) < 4.78 is 5.63. The van der Waals surface area contributed by atoms with Crippen molar-refractivity contribution in [1.82, 2.24) is 0 Å². The van der Waals surface area contributed by atoms with Crippen molar-refractivity contribution in [3.63, 3.8) is 0 Å². The summed E-state index contributed by atoms with van der Waals surface area (Å²) in [6.45, 7) is 0. The van der Waals surface area contributed by atoms with Gasteiger partial charge in [0.15, 0.2) is 5.78 Å². The Morgan fingerprint density at radius 1 is 1.12 bits per heavy atom. The number of benzene rings is 2. The lowest BCUT2D eigenvalue weighted by atomic mass is 10.1. The minimum absolute atomic E-state index is 0.129. The molecule has 0 aliphatic rings. The van der Waals surface area contributed by atoms with Gasteiger partial charge in [-0.25, -0.2) is 0 Å². The van der Waals surface area contributed by atoms with E-state index >= 15 is 0 Å². The van der Waals surface area contributed by atoms with E-state index in [4.69, 9.17) is 27.9 Å². The summed E-state index contributed by atoms with van der Waals surface area (Å²) in [5, 5.41) is 1.76. The van der Waals surface area contributed by atoms with Crippen LogP contribution in [0, 0.1) is 0 Å². The lowest BCUT2D eigenvalue weighted by Crippen LogP contribution is -2.09. The van der Waals surface area contributed by atoms with Crippen LogP contribution in [-0.4, -0.2) is 12.9 Å². The van der Waals surface area contributed by atoms with E-state index in [0.29, 0.717) is 21.4 Å². The van der Waals surface area contributed by atoms with Gasteiger partial charge in [0, 0.05) is 14.7 Å². The molecule has 126 valence electrons. The van der Waals surface area contributed by atoms with E-state index in [-0.39, 0.29) is 16.1 Å². The summed E-state index contributed by atoms with van der Waals surface area (Å²) in [5.41, 5.74) is 0.782. The van der Waals surface area contributed by atoms with Gasteiger partial charge in [-0.3, -0.25) is 9.59 Å². The van der Waals surface area contributed by atoms with Crippen molar-refractivity contribution in [2.75, 3.05) is 7.11 Å². The van der Waals surface area contributed by atoms with Crippen molar-refractivity contribution in [1.29, 1.82) is 0 Å². The van der Waals surface area contributed by atoms with Gasteiger partial charge < -0.3 is 4.74 Å². The first-order valence-corrected chi connectivity index (χ1v) is 8.84. The first-order valence-electron chi connectivity index (χ1n) is 7.27. The highest BCUT2D eigenvalue weighted by atomic mass is 35.5. The number of hydrogen-bond acceptors (Lipinski definition) is 4. The monoisotopic (exact) mass is 390 g/mol. The Labute approximate surface area is 158 Å². The average molecular weight is 391 g/mol. The second-order valence-corrected chi connectivity index (χ2v) is 7.07. The molecule has 1 aromatic heterocycles. The molecular formula is C19H12Cl2O3S. The SMILES string of the molecule is COc1ccc2cc(C(=O)/C=C/c3ccc(Cl)cc3Cl)c(=O)sc2c1. The molecular weight excluding hydrogens is 379 g/mol. The number of carbonyl (C=O) groups excluding carboxylic acids is 1. The number of fused-ring (bicyclic) bond motifs is 1. The molecule has 25 heavy (non-hydrogen) atoms. The van der Waals surface area contributed by atoms with Crippen molar-refractivity contribution < 1.29 is 9.53 Å². The normalized spacial score (nSPS) is 11.2. The van der Waals surface area contributed by atoms with Gasteiger partial charge in [0.1, 0.15) is 5.75 Å². The second kappa shape index (κ2) is 7.40. The van der Waals surface area contributed by atoms with Gasteiger partial charge in [0.2, 0.25) is 4.74 Å². The van der Waals surface area contributed by atoms with Crippen LogP contribution in [0.2, 0.25) is 10.0 Å². The zero-order chi connectivity index (χ0) is 18.0. The molecule has 0 saturated heterocycles. The van der Waals surface area contributed by atoms with Crippen LogP contribution in [0.25, 0.3) is 16.2 Å². The zero-order valence-electron chi connectivity index (χ0n) is 13.1. The van der Waals surface area contributed by atoms with Gasteiger partial charge in [-0.2, -0.15) is 0 Å². The quantitative estimate of drug-likeness (QED) is 0.437. The van der Waals surface area contributed by atoms with E-state index < -0.39 is 0 Å². The number of ether oxygens (including phenoxy) is 1. The fraction of sp³-hybridized carbons (Fsp3) is 0.0526. The van der Waals surface area contributed by atoms with E-state index in [1.807, 2.05) is 6.07 Å². The molecule has 3 nitrogen and oxygen atoms in total. The lowest BCUT2D eigenvalue weighted by molar-refractivity contribution is 0.104. The fourth-order valence-corrected chi connectivity index (χ4v) is 3.64. The van der Waals surface area contributed by atoms with Crippen molar-refractivity contribution >= 4 is 56.5 Å². The Morgan fingerprint density at radius 3 is 2.64 bits per heavy atom. The topological polar surface area (TPSA) is 43.4 Å². The lowest BCUT2D eigenvalue weighted by Gasteiger charge is -2.03. The molecule has 0 amide bonds. The predicted molar refractivity (Wildman–Crippen MR) is 104 cm³/mol. The largest absolute Gasteiger partial charge is 0.497 e. The van der Waals surface area contributed by atoms with Crippen LogP contribution in [-0.2, 0) is 0 Å². The van der Waals surface area contributed by atoms with E-state index in [0.717, 1.165) is 21.4 Å². The smallest absolute Gasteiger partial charge is 0.244 e. The summed E-state index contributed by atoms with van der Waals surface area (Å²) in [5.74, 6) is 0.296. The highest BCUT2D eigenvalue weighted by molar-refractivity contribution is 7.16. The third-order valence-corrected chi connectivity index (χ3v) is 5.13. The first-order chi connectivity index (χ1) is 12.0. The van der Waals surface area contributed by atoms with Crippen molar-refractivity contribution in [2.45, 2.75) is 0 Å². The summed E-state index contributed by atoms with van der Waals surface area (Å²) in [7, 11) is 1.56. The molecule has 0 spiro atoms. The maximum atomic E-state index is 12.4. The number of hydrogen-bond donors (Lipinski definition) is 0. The molecule has 0 bridgehead atoms. The molecule has 3 rings (SSSR count). The molecule has 2 aromatic carbocycles. The molecule has 6 heteroatoms. The summed E-state index contributed by atoms with van der Waals surface area (Å²) in [6.07, 6.45) is 2.91. The molecule has 0 atom stereocenters. The zero-order valence-corrected chi connectivity index (χ0v) is 15.4. The van der Waals surface area contributed by atoms with Gasteiger partial charge in [-0.1, -0.05) is 40.6 Å². The van der Waals surface area contributed by atoms with E-state index in [1.165, 1.54) is 6.08 Å². The van der Waals surface area contributed by atoms with Crippen molar-refractivity contribution in [2.24, 2.45) is 0 Å². The van der Waals surface area contributed by atoms with Crippen molar-refractivity contribution in [3.05, 3.63) is 79.2 Å². The third kappa shape index (κ3) is 3.93. The summed E-state index contributed by atoms with van der Waals surface area (Å²) in [6, 6.07) is 12.0. The Kier molecular flexibility index (Phi) is 5.23. The number of rotatable bonds is 4. The first kappa shape index (κ1) is 17.7. The van der Waals surface area contributed by atoms with Crippen LogP contribution in [0.4, 0.5) is 0 Å². The Balaban J connectivity index is 1.95. The van der Waals surface area contributed by atoms with Crippen LogP contribution in [0.5, 0.6) is 5.75 Å². The molecule has 3 aromatic rings. The van der Waals surface area contributed by atoms with Gasteiger partial charge in [0.25, 0.3) is 0 Å². The number of carbonyl (C=O) groups is 1. The molecule has 0 aliphatic heterocycles. The number of ketones is 1. The number of halogens is 2. The summed E-state index contributed by atoms with van der Waals surface area (Å²) in [4.78, 5) is 24.7. The molecule has 0 N–H and O–H groups in total. The van der Waals surface area contributed by atoms with Crippen molar-refractivity contribution in [3.8, 4) is 5.75 Å². The highest BCUT2D eigenvalue weighted by Crippen LogP contribution is 2.24. The van der Waals surface area contributed by atoms with Gasteiger partial charge in [-0.05, 0) is 59.5 Å². The maximum Gasteiger partial charge on any atom is 0.244 e. The van der Waals surface area contributed by atoms with Crippen LogP contribution in [0.1, 0.15) is 15.9 Å². The number of methoxy groups -OCH3 is 1. The maximum absolute atomic E-state index is 12.4. The minimum atomic E-state index is -0.370. The van der Waals surface area contributed by atoms with Crippen LogP contribution in [0.15, 0.2) is 53.3 Å². The highest BCUT2D eigenvalue weighted by Gasteiger charge is 2.10. The molecule has 0 radical (unpaired) electrons. The third-order valence-electron chi connectivity index (χ3n) is 3.59. The van der Waals surface area contributed by atoms with Gasteiger partial charge >= 0.3 is 0 Å². The fourth-order valence-electron chi connectivity index (χ4n) is 2.28. The predicted octanol–water partition coefficient (Wildman–Crippen LogP) is 5.47. The molecule has 0 saturated carbocycles. The summed E-state index contributed by atoms with van der Waals surface area (Å²) >= 11 is 12.9. The average Bonchev–Trinajstić information content (AvgIpc) is 2.59. The Bertz CT molecular complexity index is 1050. The second-order valence-electron chi connectivity index (χ2n) is 5.21. The molecule has 0 unspecified atom stereocenters.